The van der Waals surface area contributed by atoms with E-state index in [0.29, 0.717) is 29.4 Å². The fourth-order valence-corrected chi connectivity index (χ4v) is 6.37. The number of aromatic nitrogens is 2. The van der Waals surface area contributed by atoms with Gasteiger partial charge >= 0.3 is 12.1 Å². The Bertz CT molecular complexity index is 1450. The van der Waals surface area contributed by atoms with Crippen LogP contribution in [0.25, 0.3) is 11.3 Å². The van der Waals surface area contributed by atoms with Gasteiger partial charge in [-0.15, -0.1) is 10.2 Å². The number of amides is 1. The number of nitrogens with zero attached hydrogens (tertiary/aromatic N) is 5. The molecule has 0 N–H and O–H groups in total. The first-order chi connectivity index (χ1) is 17.9. The Balaban J connectivity index is 1.27. The lowest BCUT2D eigenvalue weighted by molar-refractivity contribution is -0.170. The maximum Gasteiger partial charge on any atom is 0.471 e. The summed E-state index contributed by atoms with van der Waals surface area (Å²) in [5.41, 5.74) is 3.35. The van der Waals surface area contributed by atoms with E-state index in [0.717, 1.165) is 16.8 Å². The quantitative estimate of drug-likeness (QED) is 0.496. The van der Waals surface area contributed by atoms with Crippen molar-refractivity contribution < 1.29 is 26.4 Å². The van der Waals surface area contributed by atoms with Crippen molar-refractivity contribution in [1.82, 2.24) is 14.5 Å². The number of fused-ring (bicyclic) bond motifs is 1. The summed E-state index contributed by atoms with van der Waals surface area (Å²) in [6, 6.07) is 14.9. The molecule has 2 aromatic carbocycles. The van der Waals surface area contributed by atoms with Crippen molar-refractivity contribution in [2.24, 2.45) is 0 Å². The largest absolute Gasteiger partial charge is 0.471 e. The van der Waals surface area contributed by atoms with Crippen LogP contribution in [0.4, 0.5) is 24.7 Å². The Labute approximate surface area is 218 Å². The highest BCUT2D eigenvalue weighted by molar-refractivity contribution is 7.89. The molecule has 200 valence electrons. The third-order valence-electron chi connectivity index (χ3n) is 6.93. The van der Waals surface area contributed by atoms with Gasteiger partial charge < -0.3 is 9.80 Å². The summed E-state index contributed by atoms with van der Waals surface area (Å²) in [6.07, 6.45) is -4.86. The van der Waals surface area contributed by atoms with Gasteiger partial charge in [0.1, 0.15) is 0 Å². The zero-order chi connectivity index (χ0) is 27.2. The average molecular weight is 546 g/mol. The molecule has 1 atom stereocenters. The molecular formula is C26H26F3N5O3S. The third kappa shape index (κ3) is 4.85. The second-order valence-corrected chi connectivity index (χ2v) is 11.5. The van der Waals surface area contributed by atoms with Crippen molar-refractivity contribution in [2.45, 2.75) is 37.4 Å². The van der Waals surface area contributed by atoms with Crippen LogP contribution in [-0.4, -0.2) is 67.2 Å². The first kappa shape index (κ1) is 26.1. The van der Waals surface area contributed by atoms with Crippen LogP contribution >= 0.6 is 0 Å². The number of aryl methyl sites for hydroxylation is 1. The van der Waals surface area contributed by atoms with E-state index in [1.165, 1.54) is 29.4 Å². The van der Waals surface area contributed by atoms with Crippen LogP contribution in [0.1, 0.15) is 18.1 Å². The fourth-order valence-electron chi connectivity index (χ4n) is 4.89. The number of sulfonamides is 1. The number of carbonyl (C=O) groups is 1. The van der Waals surface area contributed by atoms with Crippen LogP contribution in [0.3, 0.4) is 0 Å². The van der Waals surface area contributed by atoms with E-state index >= 15 is 0 Å². The highest BCUT2D eigenvalue weighted by Crippen LogP contribution is 2.37. The molecule has 1 saturated heterocycles. The molecule has 8 nitrogen and oxygen atoms in total. The van der Waals surface area contributed by atoms with Crippen LogP contribution in [0, 0.1) is 6.92 Å². The molecule has 3 aromatic rings. The van der Waals surface area contributed by atoms with Gasteiger partial charge in [-0.05, 0) is 56.2 Å². The molecule has 2 aliphatic heterocycles. The number of hydrogen-bond acceptors (Lipinski definition) is 6. The molecule has 5 rings (SSSR count). The van der Waals surface area contributed by atoms with E-state index < -0.39 is 28.1 Å². The van der Waals surface area contributed by atoms with Gasteiger partial charge in [0.15, 0.2) is 5.82 Å². The highest BCUT2D eigenvalue weighted by Gasteiger charge is 2.47. The first-order valence-electron chi connectivity index (χ1n) is 12.1. The van der Waals surface area contributed by atoms with E-state index in [-0.39, 0.29) is 30.1 Å². The normalized spacial score (nSPS) is 18.5. The molecular weight excluding hydrogens is 519 g/mol. The van der Waals surface area contributed by atoms with E-state index in [2.05, 4.69) is 10.2 Å². The van der Waals surface area contributed by atoms with Crippen LogP contribution < -0.4 is 9.80 Å². The molecule has 0 radical (unpaired) electrons. The molecule has 1 fully saturated rings. The number of piperazine rings is 1. The number of alkyl halides is 3. The van der Waals surface area contributed by atoms with E-state index in [1.54, 1.807) is 0 Å². The van der Waals surface area contributed by atoms with E-state index in [1.807, 2.05) is 48.2 Å². The molecule has 38 heavy (non-hydrogen) atoms. The van der Waals surface area contributed by atoms with Gasteiger partial charge in [0.05, 0.1) is 10.6 Å². The lowest BCUT2D eigenvalue weighted by atomic mass is 10.1. The summed E-state index contributed by atoms with van der Waals surface area (Å²) in [7, 11) is -3.87. The third-order valence-corrected chi connectivity index (χ3v) is 8.82. The van der Waals surface area contributed by atoms with Crippen molar-refractivity contribution in [1.29, 1.82) is 0 Å². The minimum atomic E-state index is -5.01. The minimum Gasteiger partial charge on any atom is -0.352 e. The number of rotatable bonds is 4. The Morgan fingerprint density at radius 1 is 0.947 bits per heavy atom. The second-order valence-electron chi connectivity index (χ2n) is 9.55. The summed E-state index contributed by atoms with van der Waals surface area (Å²) in [4.78, 5) is 14.5. The lowest BCUT2D eigenvalue weighted by Gasteiger charge is -2.34. The topological polar surface area (TPSA) is 86.7 Å². The summed E-state index contributed by atoms with van der Waals surface area (Å²) >= 11 is 0. The Hall–Kier alpha value is -3.51. The zero-order valence-electron chi connectivity index (χ0n) is 20.8. The van der Waals surface area contributed by atoms with E-state index in [4.69, 9.17) is 0 Å². The first-order valence-corrected chi connectivity index (χ1v) is 13.6. The fraction of sp³-hybridized carbons (Fsp3) is 0.346. The maximum absolute atomic E-state index is 13.3. The predicted molar refractivity (Wildman–Crippen MR) is 136 cm³/mol. The van der Waals surface area contributed by atoms with Gasteiger partial charge in [-0.1, -0.05) is 29.8 Å². The molecule has 1 amide bonds. The second kappa shape index (κ2) is 9.66. The van der Waals surface area contributed by atoms with Crippen molar-refractivity contribution in [3.63, 3.8) is 0 Å². The number of benzene rings is 2. The van der Waals surface area contributed by atoms with Gasteiger partial charge in [-0.3, -0.25) is 4.79 Å². The molecule has 1 unspecified atom stereocenters. The maximum atomic E-state index is 13.3. The number of anilines is 2. The molecule has 2 aliphatic rings. The van der Waals surface area contributed by atoms with Crippen molar-refractivity contribution >= 4 is 27.4 Å². The molecule has 0 spiro atoms. The predicted octanol–water partition coefficient (Wildman–Crippen LogP) is 3.80. The van der Waals surface area contributed by atoms with Gasteiger partial charge in [-0.25, -0.2) is 8.42 Å². The number of hydrogen-bond donors (Lipinski definition) is 0. The highest BCUT2D eigenvalue weighted by atomic mass is 32.2. The molecule has 0 bridgehead atoms. The van der Waals surface area contributed by atoms with Crippen LogP contribution in [0.5, 0.6) is 0 Å². The Morgan fingerprint density at radius 2 is 1.63 bits per heavy atom. The Morgan fingerprint density at radius 3 is 2.24 bits per heavy atom. The summed E-state index contributed by atoms with van der Waals surface area (Å²) in [6.45, 7) is 4.78. The van der Waals surface area contributed by atoms with Gasteiger partial charge in [0.25, 0.3) is 0 Å². The molecule has 0 saturated carbocycles. The van der Waals surface area contributed by atoms with Crippen LogP contribution in [-0.2, 0) is 21.2 Å². The van der Waals surface area contributed by atoms with Crippen molar-refractivity contribution in [3.8, 4) is 11.3 Å². The zero-order valence-corrected chi connectivity index (χ0v) is 21.6. The minimum absolute atomic E-state index is 0.000417. The average Bonchev–Trinajstić information content (AvgIpc) is 3.23. The van der Waals surface area contributed by atoms with Crippen LogP contribution in [0.15, 0.2) is 59.5 Å². The lowest BCUT2D eigenvalue weighted by Crippen LogP contribution is -2.49. The summed E-state index contributed by atoms with van der Waals surface area (Å²) in [5, 5.41) is 8.65. The van der Waals surface area contributed by atoms with Crippen LogP contribution in [0.2, 0.25) is 0 Å². The standard InChI is InChI=1S/C26H26F3N5O3S/c1-17-3-5-19(6-4-17)22-8-10-24(31-30-22)32-11-13-33(14-12-32)38(36,37)21-7-9-23-20(16-21)15-18(2)34(23)25(35)26(27,28)29/h3-10,16,18H,11-15H2,1-2H3. The van der Waals surface area contributed by atoms with E-state index in [9.17, 15) is 26.4 Å². The molecule has 3 heterocycles. The summed E-state index contributed by atoms with van der Waals surface area (Å²) < 4.78 is 67.1. The van der Waals surface area contributed by atoms with Gasteiger partial charge in [-0.2, -0.15) is 17.5 Å². The smallest absolute Gasteiger partial charge is 0.352 e. The Kier molecular flexibility index (Phi) is 6.64. The van der Waals surface area contributed by atoms with Gasteiger partial charge in [0.2, 0.25) is 10.0 Å². The number of carbonyl (C=O) groups excluding carboxylic acids is 1. The molecule has 0 aliphatic carbocycles. The SMILES string of the molecule is Cc1ccc(-c2ccc(N3CCN(S(=O)(=O)c4ccc5c(c4)CC(C)N5C(=O)C(F)(F)F)CC3)nn2)cc1. The number of halogens is 3. The van der Waals surface area contributed by atoms with Crippen molar-refractivity contribution in [2.75, 3.05) is 36.0 Å². The molecule has 1 aromatic heterocycles. The summed E-state index contributed by atoms with van der Waals surface area (Å²) in [5.74, 6) is -1.30. The van der Waals surface area contributed by atoms with Crippen molar-refractivity contribution in [3.05, 3.63) is 65.7 Å². The monoisotopic (exact) mass is 545 g/mol. The molecule has 12 heteroatoms. The van der Waals surface area contributed by atoms with Gasteiger partial charge in [0, 0.05) is 43.5 Å².